The molecule has 0 unspecified atom stereocenters. The van der Waals surface area contributed by atoms with E-state index >= 15 is 0 Å². The summed E-state index contributed by atoms with van der Waals surface area (Å²) in [5.74, 6) is -2.15. The van der Waals surface area contributed by atoms with E-state index in [9.17, 15) is 9.18 Å². The Bertz CT molecular complexity index is 317. The van der Waals surface area contributed by atoms with Crippen LogP contribution in [0.2, 0.25) is 0 Å². The molecule has 0 spiro atoms. The second kappa shape index (κ2) is 3.10. The Kier molecular flexibility index (Phi) is 2.32. The Hall–Kier alpha value is -1.10. The Morgan fingerprint density at radius 2 is 2.17 bits per heavy atom. The van der Waals surface area contributed by atoms with E-state index in [2.05, 4.69) is 15.9 Å². The molecule has 0 aliphatic heterocycles. The van der Waals surface area contributed by atoms with Crippen LogP contribution in [0.4, 0.5) is 4.39 Å². The van der Waals surface area contributed by atoms with Gasteiger partial charge in [0, 0.05) is 5.56 Å². The quantitative estimate of drug-likeness (QED) is 0.771. The van der Waals surface area contributed by atoms with Crippen molar-refractivity contribution in [3.63, 3.8) is 0 Å². The standard InChI is InChI=1S/C7H5BrFNO2/c8-4-1-3(7(10)12)2-5(9)6(4)11/h1-2,11H,(H2,10,12). The van der Waals surface area contributed by atoms with Crippen molar-refractivity contribution in [3.8, 4) is 5.75 Å². The van der Waals surface area contributed by atoms with E-state index in [4.69, 9.17) is 10.8 Å². The van der Waals surface area contributed by atoms with Gasteiger partial charge < -0.3 is 10.8 Å². The Balaban J connectivity index is 3.31. The van der Waals surface area contributed by atoms with Crippen LogP contribution in [-0.2, 0) is 0 Å². The van der Waals surface area contributed by atoms with Gasteiger partial charge in [0.15, 0.2) is 11.6 Å². The maximum atomic E-state index is 12.7. The second-order valence-corrected chi connectivity index (χ2v) is 3.01. The van der Waals surface area contributed by atoms with E-state index in [-0.39, 0.29) is 10.0 Å². The predicted octanol–water partition coefficient (Wildman–Crippen LogP) is 1.39. The highest BCUT2D eigenvalue weighted by atomic mass is 79.9. The van der Waals surface area contributed by atoms with Gasteiger partial charge in [0.05, 0.1) is 4.47 Å². The predicted molar refractivity (Wildman–Crippen MR) is 44.3 cm³/mol. The fourth-order valence-electron chi connectivity index (χ4n) is 0.708. The molecule has 3 nitrogen and oxygen atoms in total. The van der Waals surface area contributed by atoms with Crippen LogP contribution in [0.1, 0.15) is 10.4 Å². The third kappa shape index (κ3) is 1.55. The molecule has 0 atom stereocenters. The summed E-state index contributed by atoms with van der Waals surface area (Å²) < 4.78 is 12.8. The lowest BCUT2D eigenvalue weighted by atomic mass is 10.2. The summed E-state index contributed by atoms with van der Waals surface area (Å²) in [6.45, 7) is 0. The van der Waals surface area contributed by atoms with Crippen LogP contribution in [0.5, 0.6) is 5.75 Å². The highest BCUT2D eigenvalue weighted by molar-refractivity contribution is 9.10. The molecule has 0 aliphatic rings. The van der Waals surface area contributed by atoms with Crippen LogP contribution in [0.15, 0.2) is 16.6 Å². The summed E-state index contributed by atoms with van der Waals surface area (Å²) in [6, 6.07) is 2.13. The van der Waals surface area contributed by atoms with Crippen LogP contribution in [0.3, 0.4) is 0 Å². The summed E-state index contributed by atoms with van der Waals surface area (Å²) in [5, 5.41) is 8.94. The van der Waals surface area contributed by atoms with Gasteiger partial charge in [-0.15, -0.1) is 0 Å². The van der Waals surface area contributed by atoms with Gasteiger partial charge in [0.1, 0.15) is 0 Å². The zero-order chi connectivity index (χ0) is 9.30. The molecule has 1 aromatic rings. The minimum atomic E-state index is -0.877. The maximum absolute atomic E-state index is 12.7. The number of carbonyl (C=O) groups excluding carboxylic acids is 1. The zero-order valence-corrected chi connectivity index (χ0v) is 7.43. The summed E-state index contributed by atoms with van der Waals surface area (Å²) in [5.41, 5.74) is 4.90. The number of halogens is 2. The van der Waals surface area contributed by atoms with E-state index in [1.807, 2.05) is 0 Å². The van der Waals surface area contributed by atoms with E-state index in [1.165, 1.54) is 6.07 Å². The molecule has 3 N–H and O–H groups in total. The van der Waals surface area contributed by atoms with Gasteiger partial charge in [0.25, 0.3) is 0 Å². The molecule has 12 heavy (non-hydrogen) atoms. The average Bonchev–Trinajstić information content (AvgIpc) is 1.99. The lowest BCUT2D eigenvalue weighted by Gasteiger charge is -2.00. The summed E-state index contributed by atoms with van der Waals surface area (Å²) in [6.07, 6.45) is 0. The molecule has 0 aromatic heterocycles. The molecule has 5 heteroatoms. The lowest BCUT2D eigenvalue weighted by molar-refractivity contribution is 0.1000. The molecule has 1 aromatic carbocycles. The number of benzene rings is 1. The van der Waals surface area contributed by atoms with Crippen molar-refractivity contribution in [1.82, 2.24) is 0 Å². The van der Waals surface area contributed by atoms with Gasteiger partial charge in [0.2, 0.25) is 5.91 Å². The molecule has 0 saturated heterocycles. The first-order valence-electron chi connectivity index (χ1n) is 3.00. The third-order valence-electron chi connectivity index (χ3n) is 1.30. The number of phenolic OH excluding ortho intramolecular Hbond substituents is 1. The zero-order valence-electron chi connectivity index (χ0n) is 5.84. The molecule has 0 bridgehead atoms. The van der Waals surface area contributed by atoms with Crippen LogP contribution in [-0.4, -0.2) is 11.0 Å². The summed E-state index contributed by atoms with van der Waals surface area (Å²) in [4.78, 5) is 10.6. The SMILES string of the molecule is NC(=O)c1cc(F)c(O)c(Br)c1. The van der Waals surface area contributed by atoms with Crippen LogP contribution < -0.4 is 5.73 Å². The van der Waals surface area contributed by atoms with Gasteiger partial charge in [-0.1, -0.05) is 0 Å². The van der Waals surface area contributed by atoms with Crippen molar-refractivity contribution < 1.29 is 14.3 Å². The van der Waals surface area contributed by atoms with Gasteiger partial charge in [-0.25, -0.2) is 4.39 Å². The highest BCUT2D eigenvalue weighted by Gasteiger charge is 2.10. The summed E-state index contributed by atoms with van der Waals surface area (Å²) >= 11 is 2.87. The van der Waals surface area contributed by atoms with Gasteiger partial charge in [-0.05, 0) is 28.1 Å². The Morgan fingerprint density at radius 1 is 1.58 bits per heavy atom. The van der Waals surface area contributed by atoms with E-state index in [1.54, 1.807) is 0 Å². The fraction of sp³-hybridized carbons (Fsp3) is 0. The van der Waals surface area contributed by atoms with Crippen molar-refractivity contribution >= 4 is 21.8 Å². The molecule has 0 radical (unpaired) electrons. The molecular weight excluding hydrogens is 229 g/mol. The third-order valence-corrected chi connectivity index (χ3v) is 1.91. The number of hydrogen-bond donors (Lipinski definition) is 2. The normalized spacial score (nSPS) is 9.83. The van der Waals surface area contributed by atoms with E-state index in [0.717, 1.165) is 6.07 Å². The largest absolute Gasteiger partial charge is 0.504 e. The van der Waals surface area contributed by atoms with E-state index < -0.39 is 17.5 Å². The summed E-state index contributed by atoms with van der Waals surface area (Å²) in [7, 11) is 0. The van der Waals surface area contributed by atoms with E-state index in [0.29, 0.717) is 0 Å². The number of rotatable bonds is 1. The van der Waals surface area contributed by atoms with Gasteiger partial charge in [-0.2, -0.15) is 0 Å². The number of nitrogens with two attached hydrogens (primary N) is 1. The molecular formula is C7H5BrFNO2. The molecule has 0 fully saturated rings. The Morgan fingerprint density at radius 3 is 2.58 bits per heavy atom. The van der Waals surface area contributed by atoms with Crippen molar-refractivity contribution in [3.05, 3.63) is 28.0 Å². The average molecular weight is 234 g/mol. The van der Waals surface area contributed by atoms with Crippen LogP contribution in [0, 0.1) is 5.82 Å². The number of aromatic hydroxyl groups is 1. The van der Waals surface area contributed by atoms with Gasteiger partial charge >= 0.3 is 0 Å². The molecule has 0 aliphatic carbocycles. The topological polar surface area (TPSA) is 63.3 Å². The highest BCUT2D eigenvalue weighted by Crippen LogP contribution is 2.27. The number of phenols is 1. The first kappa shape index (κ1) is 8.99. The molecule has 1 rings (SSSR count). The monoisotopic (exact) mass is 233 g/mol. The lowest BCUT2D eigenvalue weighted by Crippen LogP contribution is -2.11. The number of carbonyl (C=O) groups is 1. The number of amides is 1. The number of hydrogen-bond acceptors (Lipinski definition) is 2. The first-order valence-corrected chi connectivity index (χ1v) is 3.79. The molecule has 0 heterocycles. The van der Waals surface area contributed by atoms with Crippen molar-refractivity contribution in [2.75, 3.05) is 0 Å². The van der Waals surface area contributed by atoms with Crippen molar-refractivity contribution in [1.29, 1.82) is 0 Å². The van der Waals surface area contributed by atoms with Gasteiger partial charge in [-0.3, -0.25) is 4.79 Å². The second-order valence-electron chi connectivity index (χ2n) is 2.15. The van der Waals surface area contributed by atoms with Crippen LogP contribution in [0.25, 0.3) is 0 Å². The Labute approximate surface area is 76.1 Å². The van der Waals surface area contributed by atoms with Crippen LogP contribution >= 0.6 is 15.9 Å². The number of primary amides is 1. The molecule has 1 amide bonds. The molecule has 64 valence electrons. The first-order chi connectivity index (χ1) is 5.52. The van der Waals surface area contributed by atoms with Crippen molar-refractivity contribution in [2.24, 2.45) is 5.73 Å². The maximum Gasteiger partial charge on any atom is 0.248 e. The minimum absolute atomic E-state index is 0.0113. The van der Waals surface area contributed by atoms with Crippen molar-refractivity contribution in [2.45, 2.75) is 0 Å². The molecule has 0 saturated carbocycles. The fourth-order valence-corrected chi connectivity index (χ4v) is 1.14. The smallest absolute Gasteiger partial charge is 0.248 e. The minimum Gasteiger partial charge on any atom is -0.504 e.